The highest BCUT2D eigenvalue weighted by atomic mass is 32.2. The zero-order chi connectivity index (χ0) is 9.03. The zero-order valence-electron chi connectivity index (χ0n) is 6.64. The van der Waals surface area contributed by atoms with Crippen molar-refractivity contribution in [2.24, 2.45) is 0 Å². The lowest BCUT2D eigenvalue weighted by molar-refractivity contribution is 0.121. The van der Waals surface area contributed by atoms with Crippen LogP contribution in [0, 0.1) is 0 Å². The van der Waals surface area contributed by atoms with Gasteiger partial charge in [-0.1, -0.05) is 12.2 Å². The molecule has 0 aliphatic carbocycles. The molecule has 70 valence electrons. The molecule has 1 rings (SSSR count). The number of hydrogen-bond acceptors (Lipinski definition) is 3. The molecule has 0 fully saturated rings. The molecule has 0 saturated carbocycles. The predicted octanol–water partition coefficient (Wildman–Crippen LogP) is 0.609. The molecule has 1 atom stereocenters. The van der Waals surface area contributed by atoms with Crippen LogP contribution in [-0.2, 0) is 14.9 Å². The Balaban J connectivity index is 2.14. The molecule has 0 spiro atoms. The molecule has 0 saturated heterocycles. The van der Waals surface area contributed by atoms with Gasteiger partial charge in [0, 0.05) is 0 Å². The van der Waals surface area contributed by atoms with Crippen molar-refractivity contribution in [3.8, 4) is 0 Å². The molecule has 5 heteroatoms. The van der Waals surface area contributed by atoms with Gasteiger partial charge in [-0.15, -0.1) is 0 Å². The fraction of sp³-hybridized carbons (Fsp3) is 0.714. The van der Waals surface area contributed by atoms with E-state index >= 15 is 0 Å². The van der Waals surface area contributed by atoms with Gasteiger partial charge in [-0.2, -0.15) is 8.42 Å². The molecule has 12 heavy (non-hydrogen) atoms. The summed E-state index contributed by atoms with van der Waals surface area (Å²) in [5, 5.41) is 0. The highest BCUT2D eigenvalue weighted by Gasteiger charge is 2.11. The summed E-state index contributed by atoms with van der Waals surface area (Å²) >= 11 is 0. The Bertz CT molecular complexity index is 255. The van der Waals surface area contributed by atoms with Gasteiger partial charge in [0.15, 0.2) is 0 Å². The summed E-state index contributed by atoms with van der Waals surface area (Å²) in [7, 11) is -3.80. The summed E-state index contributed by atoms with van der Waals surface area (Å²) in [6, 6.07) is 0. The van der Waals surface area contributed by atoms with E-state index in [1.807, 2.05) is 12.2 Å². The van der Waals surface area contributed by atoms with Crippen molar-refractivity contribution < 1.29 is 17.7 Å². The molecule has 1 heterocycles. The summed E-state index contributed by atoms with van der Waals surface area (Å²) < 4.78 is 34.2. The Morgan fingerprint density at radius 3 is 2.83 bits per heavy atom. The van der Waals surface area contributed by atoms with E-state index < -0.39 is 10.1 Å². The van der Waals surface area contributed by atoms with Crippen LogP contribution in [-0.4, -0.2) is 31.4 Å². The summed E-state index contributed by atoms with van der Waals surface area (Å²) in [6.45, 7) is 0.608. The van der Waals surface area contributed by atoms with Crippen LogP contribution in [0.2, 0.25) is 0 Å². The fourth-order valence-corrected chi connectivity index (χ4v) is 1.62. The summed E-state index contributed by atoms with van der Waals surface area (Å²) in [5.74, 6) is -0.180. The van der Waals surface area contributed by atoms with Crippen molar-refractivity contribution >= 4 is 10.1 Å². The Hall–Kier alpha value is -0.390. The number of rotatable bonds is 4. The monoisotopic (exact) mass is 192 g/mol. The Kier molecular flexibility index (Phi) is 3.25. The number of ether oxygens (including phenoxy) is 1. The molecule has 1 unspecified atom stereocenters. The van der Waals surface area contributed by atoms with E-state index in [-0.39, 0.29) is 11.9 Å². The highest BCUT2D eigenvalue weighted by molar-refractivity contribution is 7.85. The molecule has 1 aliphatic rings. The molecule has 1 N–H and O–H groups in total. The van der Waals surface area contributed by atoms with Gasteiger partial charge in [0.1, 0.15) is 0 Å². The van der Waals surface area contributed by atoms with Gasteiger partial charge in [-0.05, 0) is 12.8 Å². The summed E-state index contributed by atoms with van der Waals surface area (Å²) in [4.78, 5) is 0. The first-order valence-corrected chi connectivity index (χ1v) is 5.42. The lowest BCUT2D eigenvalue weighted by Crippen LogP contribution is -2.09. The number of hydrogen-bond donors (Lipinski definition) is 1. The average Bonchev–Trinajstić information content (AvgIpc) is 2.36. The Morgan fingerprint density at radius 1 is 1.58 bits per heavy atom. The topological polar surface area (TPSA) is 63.6 Å². The first kappa shape index (κ1) is 9.70. The van der Waals surface area contributed by atoms with Crippen molar-refractivity contribution in [1.82, 2.24) is 0 Å². The van der Waals surface area contributed by atoms with Crippen LogP contribution in [0.3, 0.4) is 0 Å². The van der Waals surface area contributed by atoms with Gasteiger partial charge in [0.2, 0.25) is 0 Å². The lowest BCUT2D eigenvalue weighted by atomic mass is 10.2. The van der Waals surface area contributed by atoms with Crippen molar-refractivity contribution in [3.05, 3.63) is 12.2 Å². The van der Waals surface area contributed by atoms with Crippen molar-refractivity contribution in [2.75, 3.05) is 12.4 Å². The second kappa shape index (κ2) is 4.02. The van der Waals surface area contributed by atoms with Crippen LogP contribution < -0.4 is 0 Å². The van der Waals surface area contributed by atoms with E-state index in [1.165, 1.54) is 0 Å². The minimum Gasteiger partial charge on any atom is -0.370 e. The van der Waals surface area contributed by atoms with E-state index in [1.54, 1.807) is 0 Å². The van der Waals surface area contributed by atoms with Crippen molar-refractivity contribution in [2.45, 2.75) is 18.9 Å². The molecule has 0 aromatic rings. The second-order valence-corrected chi connectivity index (χ2v) is 4.30. The largest absolute Gasteiger partial charge is 0.370 e. The van der Waals surface area contributed by atoms with Crippen LogP contribution in [0.1, 0.15) is 12.8 Å². The molecule has 0 bridgehead atoms. The second-order valence-electron chi connectivity index (χ2n) is 2.73. The minimum absolute atomic E-state index is 0.0340. The summed E-state index contributed by atoms with van der Waals surface area (Å²) in [6.07, 6.45) is 4.93. The molecular formula is C7H12O4S. The first-order chi connectivity index (χ1) is 5.58. The van der Waals surface area contributed by atoms with Crippen LogP contribution in [0.15, 0.2) is 12.2 Å². The standard InChI is InChI=1S/C7H12O4S/c8-12(9,10)6-2-4-7-3-1-5-11-7/h1,3,7H,2,4-6H2,(H,8,9,10). The van der Waals surface area contributed by atoms with Gasteiger partial charge in [0.05, 0.1) is 18.5 Å². The van der Waals surface area contributed by atoms with Crippen LogP contribution in [0.4, 0.5) is 0 Å². The van der Waals surface area contributed by atoms with Crippen LogP contribution >= 0.6 is 0 Å². The molecule has 0 aromatic heterocycles. The van der Waals surface area contributed by atoms with Gasteiger partial charge in [-0.25, -0.2) is 0 Å². The third-order valence-corrected chi connectivity index (χ3v) is 2.45. The van der Waals surface area contributed by atoms with Gasteiger partial charge in [0.25, 0.3) is 10.1 Å². The Labute approximate surface area is 72.0 Å². The molecular weight excluding hydrogens is 180 g/mol. The smallest absolute Gasteiger partial charge is 0.264 e. The SMILES string of the molecule is O=S(=O)(O)CCCC1C=CCO1. The zero-order valence-corrected chi connectivity index (χ0v) is 7.46. The maximum Gasteiger partial charge on any atom is 0.264 e. The molecule has 4 nitrogen and oxygen atoms in total. The van der Waals surface area contributed by atoms with E-state index in [0.717, 1.165) is 0 Å². The van der Waals surface area contributed by atoms with Crippen molar-refractivity contribution in [3.63, 3.8) is 0 Å². The first-order valence-electron chi connectivity index (χ1n) is 3.81. The molecule has 0 radical (unpaired) electrons. The van der Waals surface area contributed by atoms with E-state index in [4.69, 9.17) is 9.29 Å². The Morgan fingerprint density at radius 2 is 2.33 bits per heavy atom. The maximum absolute atomic E-state index is 10.3. The van der Waals surface area contributed by atoms with E-state index in [2.05, 4.69) is 0 Å². The van der Waals surface area contributed by atoms with E-state index in [0.29, 0.717) is 19.4 Å². The van der Waals surface area contributed by atoms with Gasteiger partial charge < -0.3 is 4.74 Å². The highest BCUT2D eigenvalue weighted by Crippen LogP contribution is 2.10. The van der Waals surface area contributed by atoms with E-state index in [9.17, 15) is 8.42 Å². The molecule has 0 aromatic carbocycles. The van der Waals surface area contributed by atoms with Crippen LogP contribution in [0.25, 0.3) is 0 Å². The quantitative estimate of drug-likeness (QED) is 0.523. The van der Waals surface area contributed by atoms with Crippen LogP contribution in [0.5, 0.6) is 0 Å². The minimum atomic E-state index is -3.80. The predicted molar refractivity (Wildman–Crippen MR) is 44.5 cm³/mol. The third kappa shape index (κ3) is 3.85. The third-order valence-electron chi connectivity index (χ3n) is 1.65. The fourth-order valence-electron chi connectivity index (χ4n) is 1.09. The summed E-state index contributed by atoms with van der Waals surface area (Å²) in [5.41, 5.74) is 0. The lowest BCUT2D eigenvalue weighted by Gasteiger charge is -2.05. The normalized spacial score (nSPS) is 23.2. The molecule has 0 amide bonds. The average molecular weight is 192 g/mol. The van der Waals surface area contributed by atoms with Crippen molar-refractivity contribution in [1.29, 1.82) is 0 Å². The molecule has 1 aliphatic heterocycles. The van der Waals surface area contributed by atoms with Gasteiger partial charge >= 0.3 is 0 Å². The van der Waals surface area contributed by atoms with Gasteiger partial charge in [-0.3, -0.25) is 4.55 Å². The maximum atomic E-state index is 10.3.